The average molecular weight is 304 g/mol. The summed E-state index contributed by atoms with van der Waals surface area (Å²) in [4.78, 5) is 11.9. The van der Waals surface area contributed by atoms with Crippen LogP contribution in [0.25, 0.3) is 0 Å². The summed E-state index contributed by atoms with van der Waals surface area (Å²) in [5.74, 6) is 0.781. The fourth-order valence-corrected chi connectivity index (χ4v) is 1.94. The van der Waals surface area contributed by atoms with Gasteiger partial charge in [0.05, 0.1) is 13.2 Å². The summed E-state index contributed by atoms with van der Waals surface area (Å²) in [7, 11) is 1.62. The lowest BCUT2D eigenvalue weighted by Gasteiger charge is -2.23. The molecule has 0 aliphatic rings. The van der Waals surface area contributed by atoms with Crippen LogP contribution < -0.4 is 10.1 Å². The Hall–Kier alpha value is -2.22. The fraction of sp³-hybridized carbons (Fsp3) is 0.529. The SMILES string of the molecule is COc1ccc(CC(CCC#N)OC(=O)NC(C)(C)C)cc1. The standard InChI is InChI=1S/C17H24N2O3/c1-17(2,3)19-16(20)22-15(6-5-11-18)12-13-7-9-14(21-4)10-8-13/h7-10,15H,5-6,12H2,1-4H3,(H,19,20). The zero-order valence-corrected chi connectivity index (χ0v) is 13.7. The first-order valence-electron chi connectivity index (χ1n) is 7.32. The number of nitrogens with zero attached hydrogens (tertiary/aromatic N) is 1. The first-order valence-corrected chi connectivity index (χ1v) is 7.32. The van der Waals surface area contributed by atoms with Gasteiger partial charge in [-0.05, 0) is 44.9 Å². The number of amides is 1. The molecule has 1 aromatic rings. The zero-order chi connectivity index (χ0) is 16.6. The second kappa shape index (κ2) is 8.28. The molecule has 120 valence electrons. The van der Waals surface area contributed by atoms with Crippen molar-refractivity contribution in [3.63, 3.8) is 0 Å². The van der Waals surface area contributed by atoms with E-state index in [1.54, 1.807) is 7.11 Å². The van der Waals surface area contributed by atoms with E-state index in [4.69, 9.17) is 14.7 Å². The summed E-state index contributed by atoms with van der Waals surface area (Å²) >= 11 is 0. The molecule has 0 heterocycles. The molecule has 1 unspecified atom stereocenters. The van der Waals surface area contributed by atoms with E-state index < -0.39 is 6.09 Å². The third-order valence-electron chi connectivity index (χ3n) is 2.95. The maximum absolute atomic E-state index is 11.9. The molecule has 22 heavy (non-hydrogen) atoms. The second-order valence-corrected chi connectivity index (χ2v) is 6.15. The van der Waals surface area contributed by atoms with Crippen molar-refractivity contribution in [3.8, 4) is 11.8 Å². The van der Waals surface area contributed by atoms with Crippen molar-refractivity contribution in [2.45, 2.75) is 51.7 Å². The number of nitrogens with one attached hydrogen (secondary N) is 1. The molecule has 0 aromatic heterocycles. The van der Waals surface area contributed by atoms with Crippen LogP contribution in [0, 0.1) is 11.3 Å². The van der Waals surface area contributed by atoms with Gasteiger partial charge < -0.3 is 14.8 Å². The number of nitriles is 1. The third-order valence-corrected chi connectivity index (χ3v) is 2.95. The van der Waals surface area contributed by atoms with E-state index in [9.17, 15) is 4.79 Å². The fourth-order valence-electron chi connectivity index (χ4n) is 1.94. The van der Waals surface area contributed by atoms with Crippen molar-refractivity contribution in [3.05, 3.63) is 29.8 Å². The number of hydrogen-bond acceptors (Lipinski definition) is 4. The maximum Gasteiger partial charge on any atom is 0.407 e. The Bertz CT molecular complexity index is 512. The number of carbonyl (C=O) groups is 1. The van der Waals surface area contributed by atoms with Gasteiger partial charge in [-0.25, -0.2) is 4.79 Å². The molecule has 0 aliphatic carbocycles. The molecule has 0 aliphatic heterocycles. The van der Waals surface area contributed by atoms with E-state index in [-0.39, 0.29) is 11.6 Å². The smallest absolute Gasteiger partial charge is 0.407 e. The number of hydrogen-bond donors (Lipinski definition) is 1. The molecule has 5 nitrogen and oxygen atoms in total. The van der Waals surface area contributed by atoms with Crippen LogP contribution >= 0.6 is 0 Å². The highest BCUT2D eigenvalue weighted by Crippen LogP contribution is 2.16. The van der Waals surface area contributed by atoms with Gasteiger partial charge in [-0.3, -0.25) is 0 Å². The van der Waals surface area contributed by atoms with Gasteiger partial charge in [-0.15, -0.1) is 0 Å². The van der Waals surface area contributed by atoms with Crippen molar-refractivity contribution in [1.82, 2.24) is 5.32 Å². The highest BCUT2D eigenvalue weighted by atomic mass is 16.6. The van der Waals surface area contributed by atoms with Gasteiger partial charge in [0, 0.05) is 18.4 Å². The molecule has 0 radical (unpaired) electrons. The van der Waals surface area contributed by atoms with Gasteiger partial charge in [0.1, 0.15) is 11.9 Å². The van der Waals surface area contributed by atoms with Crippen molar-refractivity contribution in [2.24, 2.45) is 0 Å². The summed E-state index contributed by atoms with van der Waals surface area (Å²) in [6.07, 6.45) is 0.659. The van der Waals surface area contributed by atoms with Crippen molar-refractivity contribution < 1.29 is 14.3 Å². The minimum absolute atomic E-state index is 0.324. The molecule has 5 heteroatoms. The van der Waals surface area contributed by atoms with E-state index in [0.29, 0.717) is 19.3 Å². The lowest BCUT2D eigenvalue weighted by Crippen LogP contribution is -2.42. The topological polar surface area (TPSA) is 71.3 Å². The Balaban J connectivity index is 2.66. The maximum atomic E-state index is 11.9. The molecule has 1 N–H and O–H groups in total. The monoisotopic (exact) mass is 304 g/mol. The Morgan fingerprint density at radius 1 is 1.32 bits per heavy atom. The van der Waals surface area contributed by atoms with E-state index in [2.05, 4.69) is 11.4 Å². The molecule has 1 atom stereocenters. The highest BCUT2D eigenvalue weighted by Gasteiger charge is 2.19. The van der Waals surface area contributed by atoms with Crippen LogP contribution in [0.2, 0.25) is 0 Å². The van der Waals surface area contributed by atoms with Gasteiger partial charge in [-0.1, -0.05) is 12.1 Å². The largest absolute Gasteiger partial charge is 0.497 e. The van der Waals surface area contributed by atoms with Gasteiger partial charge in [0.15, 0.2) is 0 Å². The molecule has 0 saturated carbocycles. The normalized spacial score (nSPS) is 12.1. The number of benzene rings is 1. The number of ether oxygens (including phenoxy) is 2. The van der Waals surface area contributed by atoms with Crippen LogP contribution in [0.4, 0.5) is 4.79 Å². The highest BCUT2D eigenvalue weighted by molar-refractivity contribution is 5.68. The predicted octanol–water partition coefficient (Wildman–Crippen LogP) is 3.43. The molecule has 0 saturated heterocycles. The summed E-state index contributed by atoms with van der Waals surface area (Å²) in [5.41, 5.74) is 0.684. The summed E-state index contributed by atoms with van der Waals surface area (Å²) in [5, 5.41) is 11.5. The molecular weight excluding hydrogens is 280 g/mol. The lowest BCUT2D eigenvalue weighted by molar-refractivity contribution is 0.0872. The number of methoxy groups -OCH3 is 1. The molecule has 1 amide bonds. The Morgan fingerprint density at radius 3 is 2.45 bits per heavy atom. The molecule has 1 rings (SSSR count). The van der Waals surface area contributed by atoms with Crippen LogP contribution in [0.5, 0.6) is 5.75 Å². The van der Waals surface area contributed by atoms with Crippen molar-refractivity contribution >= 4 is 6.09 Å². The number of carbonyl (C=O) groups excluding carboxylic acids is 1. The van der Waals surface area contributed by atoms with Gasteiger partial charge in [0.2, 0.25) is 0 Å². The van der Waals surface area contributed by atoms with Crippen molar-refractivity contribution in [1.29, 1.82) is 5.26 Å². The van der Waals surface area contributed by atoms with E-state index in [1.165, 1.54) is 0 Å². The summed E-state index contributed by atoms with van der Waals surface area (Å²) < 4.78 is 10.6. The van der Waals surface area contributed by atoms with E-state index >= 15 is 0 Å². The summed E-state index contributed by atoms with van der Waals surface area (Å²) in [6.45, 7) is 5.67. The molecule has 0 fully saturated rings. The quantitative estimate of drug-likeness (QED) is 0.874. The summed E-state index contributed by atoms with van der Waals surface area (Å²) in [6, 6.07) is 9.69. The molecule has 0 spiro atoms. The average Bonchev–Trinajstić information content (AvgIpc) is 2.43. The Morgan fingerprint density at radius 2 is 1.95 bits per heavy atom. The number of rotatable bonds is 6. The second-order valence-electron chi connectivity index (χ2n) is 6.15. The molecular formula is C17H24N2O3. The molecule has 0 bridgehead atoms. The lowest BCUT2D eigenvalue weighted by atomic mass is 10.0. The van der Waals surface area contributed by atoms with Gasteiger partial charge in [0.25, 0.3) is 0 Å². The zero-order valence-electron chi connectivity index (χ0n) is 13.7. The van der Waals surface area contributed by atoms with Gasteiger partial charge >= 0.3 is 6.09 Å². The van der Waals surface area contributed by atoms with Crippen LogP contribution in [-0.4, -0.2) is 24.8 Å². The van der Waals surface area contributed by atoms with Crippen LogP contribution in [0.1, 0.15) is 39.2 Å². The van der Waals surface area contributed by atoms with Crippen molar-refractivity contribution in [2.75, 3.05) is 7.11 Å². The van der Waals surface area contributed by atoms with Crippen LogP contribution in [-0.2, 0) is 11.2 Å². The first kappa shape index (κ1) is 17.8. The Labute approximate surface area is 132 Å². The minimum atomic E-state index is -0.455. The van der Waals surface area contributed by atoms with E-state index in [0.717, 1.165) is 11.3 Å². The molecule has 1 aromatic carbocycles. The van der Waals surface area contributed by atoms with Gasteiger partial charge in [-0.2, -0.15) is 5.26 Å². The first-order chi connectivity index (χ1) is 10.3. The van der Waals surface area contributed by atoms with Crippen LogP contribution in [0.3, 0.4) is 0 Å². The predicted molar refractivity (Wildman–Crippen MR) is 84.7 cm³/mol. The number of alkyl carbamates (subject to hydrolysis) is 1. The minimum Gasteiger partial charge on any atom is -0.497 e. The third kappa shape index (κ3) is 6.98. The van der Waals surface area contributed by atoms with Crippen LogP contribution in [0.15, 0.2) is 24.3 Å². The Kier molecular flexibility index (Phi) is 6.71. The van der Waals surface area contributed by atoms with E-state index in [1.807, 2.05) is 45.0 Å².